The zero-order chi connectivity index (χ0) is 22.3. The first-order valence-corrected chi connectivity index (χ1v) is 12.4. The van der Waals surface area contributed by atoms with Gasteiger partial charge in [-0.05, 0) is 62.6 Å². The van der Waals surface area contributed by atoms with Crippen LogP contribution in [0.5, 0.6) is 5.75 Å². The van der Waals surface area contributed by atoms with Crippen molar-refractivity contribution >= 4 is 22.5 Å². The first kappa shape index (κ1) is 23.3. The maximum absolute atomic E-state index is 12.6. The Morgan fingerprint density at radius 1 is 1.29 bits per heavy atom. The smallest absolute Gasteiger partial charge is 0.324 e. The lowest BCUT2D eigenvalue weighted by molar-refractivity contribution is -0.108. The van der Waals surface area contributed by atoms with Crippen LogP contribution in [0.4, 0.5) is 4.79 Å². The number of hydrogen-bond acceptors (Lipinski definition) is 5. The van der Waals surface area contributed by atoms with Crippen LogP contribution in [0, 0.1) is 5.92 Å². The Hall–Kier alpha value is -2.39. The minimum atomic E-state index is -3.47. The average Bonchev–Trinajstić information content (AvgIpc) is 3.66. The molecular weight excluding hydrogens is 418 g/mol. The summed E-state index contributed by atoms with van der Waals surface area (Å²) in [6, 6.07) is 7.24. The molecule has 0 aliphatic heterocycles. The molecular formula is C22H31N3O5S. The second-order valence-corrected chi connectivity index (χ2v) is 9.99. The number of rotatable bonds is 13. The van der Waals surface area contributed by atoms with Gasteiger partial charge in [-0.1, -0.05) is 24.3 Å². The van der Waals surface area contributed by atoms with E-state index in [1.807, 2.05) is 24.3 Å². The second-order valence-electron chi connectivity index (χ2n) is 8.15. The Balaban J connectivity index is 1.49. The van der Waals surface area contributed by atoms with Crippen LogP contribution in [0.25, 0.3) is 0 Å². The summed E-state index contributed by atoms with van der Waals surface area (Å²) in [5, 5.41) is 2.09. The summed E-state index contributed by atoms with van der Waals surface area (Å²) < 4.78 is 34.0. The monoisotopic (exact) mass is 449 g/mol. The maximum atomic E-state index is 12.6. The molecule has 3 amide bonds. The summed E-state index contributed by atoms with van der Waals surface area (Å²) >= 11 is 0. The van der Waals surface area contributed by atoms with Crippen molar-refractivity contribution in [2.45, 2.75) is 44.6 Å². The SMILES string of the molecule is CCN(C/C=C/CCS(=O)(=O)NC1(c2cccc(OCC3CC3)c2)CC1)C(=O)NC=O. The minimum Gasteiger partial charge on any atom is -0.493 e. The molecule has 0 bridgehead atoms. The van der Waals surface area contributed by atoms with Gasteiger partial charge >= 0.3 is 6.03 Å². The number of likely N-dealkylation sites (N-methyl/N-ethyl adjacent to an activating group) is 1. The molecule has 1 aromatic carbocycles. The number of nitrogens with zero attached hydrogens (tertiary/aromatic N) is 1. The van der Waals surface area contributed by atoms with E-state index < -0.39 is 21.6 Å². The predicted molar refractivity (Wildman–Crippen MR) is 118 cm³/mol. The number of ether oxygens (including phenoxy) is 1. The molecule has 2 saturated carbocycles. The van der Waals surface area contributed by atoms with Gasteiger partial charge in [0.2, 0.25) is 16.4 Å². The Morgan fingerprint density at radius 3 is 2.71 bits per heavy atom. The summed E-state index contributed by atoms with van der Waals surface area (Å²) in [5.41, 5.74) is 0.410. The number of benzene rings is 1. The fraction of sp³-hybridized carbons (Fsp3) is 0.545. The molecule has 3 rings (SSSR count). The number of urea groups is 1. The number of carbonyl (C=O) groups excluding carboxylic acids is 2. The molecule has 8 nitrogen and oxygen atoms in total. The highest BCUT2D eigenvalue weighted by Crippen LogP contribution is 2.47. The van der Waals surface area contributed by atoms with Gasteiger partial charge in [-0.15, -0.1) is 0 Å². The van der Waals surface area contributed by atoms with E-state index in [9.17, 15) is 18.0 Å². The molecule has 170 valence electrons. The molecule has 0 unspecified atom stereocenters. The number of imide groups is 1. The van der Waals surface area contributed by atoms with Crippen molar-refractivity contribution in [2.24, 2.45) is 5.92 Å². The van der Waals surface area contributed by atoms with Crippen LogP contribution < -0.4 is 14.8 Å². The van der Waals surface area contributed by atoms with Crippen molar-refractivity contribution in [3.8, 4) is 5.75 Å². The first-order chi connectivity index (χ1) is 14.9. The Kier molecular flexibility index (Phi) is 7.72. The lowest BCUT2D eigenvalue weighted by Gasteiger charge is -2.19. The molecule has 2 aliphatic carbocycles. The second kappa shape index (κ2) is 10.3. The third-order valence-electron chi connectivity index (χ3n) is 5.57. The van der Waals surface area contributed by atoms with E-state index in [2.05, 4.69) is 10.0 Å². The van der Waals surface area contributed by atoms with E-state index in [-0.39, 0.29) is 5.75 Å². The summed E-state index contributed by atoms with van der Waals surface area (Å²) in [5.74, 6) is 1.42. The van der Waals surface area contributed by atoms with Gasteiger partial charge in [0.15, 0.2) is 0 Å². The van der Waals surface area contributed by atoms with Gasteiger partial charge in [0.05, 0.1) is 17.9 Å². The molecule has 0 aromatic heterocycles. The van der Waals surface area contributed by atoms with Crippen molar-refractivity contribution in [1.29, 1.82) is 0 Å². The normalized spacial score (nSPS) is 17.3. The third kappa shape index (κ3) is 7.07. The van der Waals surface area contributed by atoms with Gasteiger partial charge in [0, 0.05) is 13.1 Å². The molecule has 0 atom stereocenters. The topological polar surface area (TPSA) is 105 Å². The van der Waals surface area contributed by atoms with E-state index in [1.54, 1.807) is 19.1 Å². The summed E-state index contributed by atoms with van der Waals surface area (Å²) in [6.07, 6.45) is 8.13. The summed E-state index contributed by atoms with van der Waals surface area (Å²) in [7, 11) is -3.47. The van der Waals surface area contributed by atoms with E-state index in [1.165, 1.54) is 17.7 Å². The lowest BCUT2D eigenvalue weighted by atomic mass is 10.1. The number of allylic oxidation sites excluding steroid dienone is 1. The average molecular weight is 450 g/mol. The van der Waals surface area contributed by atoms with Crippen molar-refractivity contribution in [3.63, 3.8) is 0 Å². The van der Waals surface area contributed by atoms with Gasteiger partial charge in [-0.25, -0.2) is 17.9 Å². The van der Waals surface area contributed by atoms with Crippen LogP contribution in [-0.2, 0) is 20.4 Å². The molecule has 0 saturated heterocycles. The largest absolute Gasteiger partial charge is 0.493 e. The van der Waals surface area contributed by atoms with Crippen molar-refractivity contribution in [1.82, 2.24) is 14.9 Å². The van der Waals surface area contributed by atoms with Crippen LogP contribution >= 0.6 is 0 Å². The molecule has 2 aliphatic rings. The number of nitrogens with one attached hydrogen (secondary N) is 2. The molecule has 0 spiro atoms. The molecule has 0 radical (unpaired) electrons. The highest BCUT2D eigenvalue weighted by atomic mass is 32.2. The Morgan fingerprint density at radius 2 is 2.06 bits per heavy atom. The number of amides is 3. The van der Waals surface area contributed by atoms with E-state index >= 15 is 0 Å². The van der Waals surface area contributed by atoms with Gasteiger partial charge < -0.3 is 9.64 Å². The fourth-order valence-electron chi connectivity index (χ4n) is 3.35. The van der Waals surface area contributed by atoms with Crippen LogP contribution in [-0.4, -0.2) is 51.2 Å². The standard InChI is InChI=1S/C22H31N3O5S/c1-2-25(21(27)23-17-26)13-4-3-5-14-31(28,29)24-22(11-12-22)19-7-6-8-20(15-19)30-16-18-9-10-18/h3-4,6-8,15,17-18,24H,2,5,9-14,16H2,1H3,(H,23,26,27)/b4-3+. The van der Waals surface area contributed by atoms with Gasteiger partial charge in [-0.2, -0.15) is 0 Å². The van der Waals surface area contributed by atoms with Crippen molar-refractivity contribution < 1.29 is 22.7 Å². The van der Waals surface area contributed by atoms with Crippen LogP contribution in [0.2, 0.25) is 0 Å². The summed E-state index contributed by atoms with van der Waals surface area (Å²) in [4.78, 5) is 23.4. The van der Waals surface area contributed by atoms with E-state index in [0.717, 1.165) is 30.8 Å². The number of sulfonamides is 1. The van der Waals surface area contributed by atoms with Gasteiger partial charge in [0.25, 0.3) is 0 Å². The lowest BCUT2D eigenvalue weighted by Crippen LogP contribution is -2.39. The third-order valence-corrected chi connectivity index (χ3v) is 7.04. The molecule has 2 N–H and O–H groups in total. The zero-order valence-electron chi connectivity index (χ0n) is 17.9. The molecule has 9 heteroatoms. The number of hydrogen-bond donors (Lipinski definition) is 2. The Labute approximate surface area is 184 Å². The highest BCUT2D eigenvalue weighted by molar-refractivity contribution is 7.89. The molecule has 31 heavy (non-hydrogen) atoms. The van der Waals surface area contributed by atoms with Gasteiger partial charge in [-0.3, -0.25) is 10.1 Å². The molecule has 1 aromatic rings. The zero-order valence-corrected chi connectivity index (χ0v) is 18.7. The first-order valence-electron chi connectivity index (χ1n) is 10.8. The maximum Gasteiger partial charge on any atom is 0.324 e. The van der Waals surface area contributed by atoms with Crippen LogP contribution in [0.1, 0.15) is 44.6 Å². The van der Waals surface area contributed by atoms with E-state index in [0.29, 0.717) is 31.8 Å². The summed E-state index contributed by atoms with van der Waals surface area (Å²) in [6.45, 7) is 3.27. The van der Waals surface area contributed by atoms with Crippen LogP contribution in [0.15, 0.2) is 36.4 Å². The minimum absolute atomic E-state index is 0.0320. The molecule has 0 heterocycles. The highest BCUT2D eigenvalue weighted by Gasteiger charge is 2.47. The van der Waals surface area contributed by atoms with Crippen molar-refractivity contribution in [3.05, 3.63) is 42.0 Å². The van der Waals surface area contributed by atoms with Crippen molar-refractivity contribution in [2.75, 3.05) is 25.4 Å². The fourth-order valence-corrected chi connectivity index (χ4v) is 4.81. The van der Waals surface area contributed by atoms with Crippen LogP contribution in [0.3, 0.4) is 0 Å². The molecule has 2 fully saturated rings. The number of carbonyl (C=O) groups is 2. The predicted octanol–water partition coefficient (Wildman–Crippen LogP) is 2.52. The van der Waals surface area contributed by atoms with E-state index in [4.69, 9.17) is 4.74 Å². The quantitative estimate of drug-likeness (QED) is 0.356. The Bertz CT molecular complexity index is 907. The van der Waals surface area contributed by atoms with Gasteiger partial charge in [0.1, 0.15) is 5.75 Å².